The molecular formula is C16H17NO4. The zero-order chi connectivity index (χ0) is 14.8. The Bertz CT molecular complexity index is 569. The van der Waals surface area contributed by atoms with Crippen molar-refractivity contribution >= 4 is 12.1 Å². The summed E-state index contributed by atoms with van der Waals surface area (Å²) in [5, 5.41) is 12.0. The van der Waals surface area contributed by atoms with Crippen molar-refractivity contribution in [1.29, 1.82) is 0 Å². The van der Waals surface area contributed by atoms with Gasteiger partial charge in [-0.25, -0.2) is 4.79 Å². The van der Waals surface area contributed by atoms with E-state index >= 15 is 0 Å². The Labute approximate surface area is 122 Å². The number of carbonyl (C=O) groups excluding carboxylic acids is 1. The van der Waals surface area contributed by atoms with Gasteiger partial charge in [-0.3, -0.25) is 4.79 Å². The smallest absolute Gasteiger partial charge is 0.407 e. The molecule has 3 rings (SSSR count). The summed E-state index contributed by atoms with van der Waals surface area (Å²) in [7, 11) is 0. The molecule has 0 aromatic heterocycles. The highest BCUT2D eigenvalue weighted by Crippen LogP contribution is 2.43. The van der Waals surface area contributed by atoms with Crippen LogP contribution in [0.5, 0.6) is 0 Å². The third kappa shape index (κ3) is 2.77. The molecule has 1 amide bonds. The van der Waals surface area contributed by atoms with E-state index in [1.54, 1.807) is 0 Å². The van der Waals surface area contributed by atoms with Gasteiger partial charge in [0.2, 0.25) is 0 Å². The Morgan fingerprint density at radius 2 is 1.90 bits per heavy atom. The largest absolute Gasteiger partial charge is 0.481 e. The number of ether oxygens (including phenoxy) is 1. The number of carboxylic acid groups (broad SMARTS) is 1. The average molecular weight is 287 g/mol. The minimum absolute atomic E-state index is 0.0203. The van der Waals surface area contributed by atoms with Gasteiger partial charge in [-0.05, 0) is 23.8 Å². The van der Waals surface area contributed by atoms with E-state index in [4.69, 9.17) is 4.74 Å². The highest BCUT2D eigenvalue weighted by atomic mass is 16.5. The lowest BCUT2D eigenvalue weighted by Gasteiger charge is -2.25. The molecule has 4 atom stereocenters. The zero-order valence-electron chi connectivity index (χ0n) is 11.4. The van der Waals surface area contributed by atoms with Gasteiger partial charge in [-0.1, -0.05) is 42.5 Å². The first-order valence-corrected chi connectivity index (χ1v) is 7.03. The van der Waals surface area contributed by atoms with Crippen LogP contribution in [-0.2, 0) is 16.1 Å². The number of alkyl carbamates (subject to hydrolysis) is 1. The molecule has 5 heteroatoms. The second-order valence-corrected chi connectivity index (χ2v) is 5.54. The zero-order valence-corrected chi connectivity index (χ0v) is 11.4. The maximum atomic E-state index is 11.9. The molecule has 1 saturated carbocycles. The van der Waals surface area contributed by atoms with Crippen LogP contribution < -0.4 is 5.32 Å². The van der Waals surface area contributed by atoms with Crippen LogP contribution >= 0.6 is 0 Å². The van der Waals surface area contributed by atoms with E-state index in [1.807, 2.05) is 42.5 Å². The molecule has 0 radical (unpaired) electrons. The van der Waals surface area contributed by atoms with E-state index < -0.39 is 18.0 Å². The number of allylic oxidation sites excluding steroid dienone is 1. The van der Waals surface area contributed by atoms with E-state index in [-0.39, 0.29) is 24.5 Å². The average Bonchev–Trinajstić information content (AvgIpc) is 3.07. The molecule has 1 aromatic carbocycles. The van der Waals surface area contributed by atoms with Crippen molar-refractivity contribution < 1.29 is 19.4 Å². The Morgan fingerprint density at radius 3 is 2.62 bits per heavy atom. The third-order valence-corrected chi connectivity index (χ3v) is 4.24. The minimum atomic E-state index is -0.861. The molecule has 1 fully saturated rings. The number of aliphatic carboxylic acids is 1. The maximum Gasteiger partial charge on any atom is 0.407 e. The molecule has 0 saturated heterocycles. The maximum absolute atomic E-state index is 11.9. The number of hydrogen-bond donors (Lipinski definition) is 2. The van der Waals surface area contributed by atoms with Crippen molar-refractivity contribution in [3.05, 3.63) is 48.0 Å². The fourth-order valence-corrected chi connectivity index (χ4v) is 3.26. The number of hydrogen-bond acceptors (Lipinski definition) is 3. The first-order chi connectivity index (χ1) is 10.1. The molecule has 2 aliphatic carbocycles. The second-order valence-electron chi connectivity index (χ2n) is 5.54. The number of amides is 1. The number of nitrogens with one attached hydrogen (secondary N) is 1. The number of benzene rings is 1. The van der Waals surface area contributed by atoms with Gasteiger partial charge in [0.15, 0.2) is 0 Å². The van der Waals surface area contributed by atoms with Gasteiger partial charge in [-0.15, -0.1) is 0 Å². The van der Waals surface area contributed by atoms with Crippen LogP contribution in [0.2, 0.25) is 0 Å². The molecular weight excluding hydrogens is 270 g/mol. The summed E-state index contributed by atoms with van der Waals surface area (Å²) < 4.78 is 5.16. The molecule has 0 spiro atoms. The number of carbonyl (C=O) groups is 2. The van der Waals surface area contributed by atoms with Gasteiger partial charge in [0.1, 0.15) is 6.61 Å². The van der Waals surface area contributed by atoms with E-state index in [0.29, 0.717) is 0 Å². The number of rotatable bonds is 4. The molecule has 1 aromatic rings. The molecule has 110 valence electrons. The van der Waals surface area contributed by atoms with Crippen molar-refractivity contribution in [2.24, 2.45) is 17.8 Å². The lowest BCUT2D eigenvalue weighted by molar-refractivity contribution is -0.143. The normalized spacial score (nSPS) is 29.3. The lowest BCUT2D eigenvalue weighted by atomic mass is 9.89. The topological polar surface area (TPSA) is 75.6 Å². The number of fused-ring (bicyclic) bond motifs is 2. The van der Waals surface area contributed by atoms with E-state index in [2.05, 4.69) is 5.32 Å². The Hall–Kier alpha value is -2.30. The van der Waals surface area contributed by atoms with Crippen molar-refractivity contribution in [3.8, 4) is 0 Å². The second kappa shape index (κ2) is 5.60. The summed E-state index contributed by atoms with van der Waals surface area (Å²) in [6.07, 6.45) is 4.17. The van der Waals surface area contributed by atoms with Gasteiger partial charge < -0.3 is 15.2 Å². The summed E-state index contributed by atoms with van der Waals surface area (Å²) in [5.74, 6) is -1.29. The van der Waals surface area contributed by atoms with Gasteiger partial charge in [0.05, 0.1) is 12.0 Å². The fourth-order valence-electron chi connectivity index (χ4n) is 3.26. The summed E-state index contributed by atoms with van der Waals surface area (Å²) in [5.41, 5.74) is 0.898. The molecule has 21 heavy (non-hydrogen) atoms. The fraction of sp³-hybridized carbons (Fsp3) is 0.375. The van der Waals surface area contributed by atoms with E-state index in [1.165, 1.54) is 0 Å². The monoisotopic (exact) mass is 287 g/mol. The summed E-state index contributed by atoms with van der Waals surface area (Å²) >= 11 is 0. The van der Waals surface area contributed by atoms with Crippen LogP contribution in [0.4, 0.5) is 4.79 Å². The number of carboxylic acids is 1. The van der Waals surface area contributed by atoms with Gasteiger partial charge in [0.25, 0.3) is 0 Å². The van der Waals surface area contributed by atoms with Crippen LogP contribution in [0.1, 0.15) is 12.0 Å². The Balaban J connectivity index is 1.57. The molecule has 2 bridgehead atoms. The lowest BCUT2D eigenvalue weighted by Crippen LogP contribution is -2.45. The minimum Gasteiger partial charge on any atom is -0.481 e. The summed E-state index contributed by atoms with van der Waals surface area (Å²) in [6, 6.07) is 9.00. The SMILES string of the molecule is O=C(N[C@@H]1[C@@H](C(=O)O)[C@@H]2C=C[C@H]1C2)OCc1ccccc1. The van der Waals surface area contributed by atoms with Crippen LogP contribution in [0.25, 0.3) is 0 Å². The van der Waals surface area contributed by atoms with Crippen molar-refractivity contribution in [2.45, 2.75) is 19.1 Å². The van der Waals surface area contributed by atoms with E-state index in [0.717, 1.165) is 12.0 Å². The Kier molecular flexibility index (Phi) is 3.64. The van der Waals surface area contributed by atoms with E-state index in [9.17, 15) is 14.7 Å². The first-order valence-electron chi connectivity index (χ1n) is 7.03. The van der Waals surface area contributed by atoms with Gasteiger partial charge in [-0.2, -0.15) is 0 Å². The molecule has 0 heterocycles. The molecule has 2 aliphatic rings. The van der Waals surface area contributed by atoms with Crippen LogP contribution in [0.15, 0.2) is 42.5 Å². The molecule has 0 unspecified atom stereocenters. The van der Waals surface area contributed by atoms with Crippen molar-refractivity contribution in [1.82, 2.24) is 5.32 Å². The third-order valence-electron chi connectivity index (χ3n) is 4.24. The highest BCUT2D eigenvalue weighted by molar-refractivity contribution is 5.75. The highest BCUT2D eigenvalue weighted by Gasteiger charge is 2.49. The standard InChI is InChI=1S/C16H17NO4/c18-15(19)13-11-6-7-12(8-11)14(13)17-16(20)21-9-10-4-2-1-3-5-10/h1-7,11-14H,8-9H2,(H,17,20)(H,18,19)/t11-,12+,13+,14+/m1/s1. The Morgan fingerprint density at radius 1 is 1.19 bits per heavy atom. The summed E-state index contributed by atoms with van der Waals surface area (Å²) in [6.45, 7) is 0.182. The molecule has 2 N–H and O–H groups in total. The predicted octanol–water partition coefficient (Wildman–Crippen LogP) is 2.19. The van der Waals surface area contributed by atoms with Crippen molar-refractivity contribution in [3.63, 3.8) is 0 Å². The van der Waals surface area contributed by atoms with Crippen LogP contribution in [0.3, 0.4) is 0 Å². The predicted molar refractivity (Wildman–Crippen MR) is 75.4 cm³/mol. The van der Waals surface area contributed by atoms with Crippen molar-refractivity contribution in [2.75, 3.05) is 0 Å². The van der Waals surface area contributed by atoms with Gasteiger partial charge in [0, 0.05) is 0 Å². The molecule has 5 nitrogen and oxygen atoms in total. The first kappa shape index (κ1) is 13.7. The quantitative estimate of drug-likeness (QED) is 0.832. The van der Waals surface area contributed by atoms with Crippen LogP contribution in [-0.4, -0.2) is 23.2 Å². The van der Waals surface area contributed by atoms with Crippen LogP contribution in [0, 0.1) is 17.8 Å². The molecule has 0 aliphatic heterocycles. The summed E-state index contributed by atoms with van der Waals surface area (Å²) in [4.78, 5) is 23.2. The van der Waals surface area contributed by atoms with Gasteiger partial charge >= 0.3 is 12.1 Å².